The minimum absolute atomic E-state index is 0.126. The number of urea groups is 1. The first-order valence-electron chi connectivity index (χ1n) is 7.80. The molecule has 0 bridgehead atoms. The van der Waals surface area contributed by atoms with E-state index >= 15 is 0 Å². The van der Waals surface area contributed by atoms with E-state index in [0.29, 0.717) is 30.4 Å². The largest absolute Gasteiger partial charge is 0.486 e. The molecule has 2 heterocycles. The van der Waals surface area contributed by atoms with Crippen LogP contribution < -0.4 is 19.7 Å². The number of nitrogens with one attached hydrogen (secondary N) is 1. The molecule has 0 spiro atoms. The Balaban J connectivity index is 1.56. The Morgan fingerprint density at radius 3 is 2.78 bits per heavy atom. The number of fused-ring (bicyclic) bond motifs is 2. The van der Waals surface area contributed by atoms with Crippen molar-refractivity contribution in [2.24, 2.45) is 0 Å². The standard InChI is InChI=1S/C18H18N2O3/c1-12-10-13-4-2-3-5-15(13)20(12)18(21)19-14-6-7-16-17(11-14)23-9-8-22-16/h2-7,11-12H,8-10H2,1H3,(H,19,21). The molecule has 0 fully saturated rings. The molecule has 5 heteroatoms. The molecule has 1 N–H and O–H groups in total. The van der Waals surface area contributed by atoms with Gasteiger partial charge in [-0.1, -0.05) is 18.2 Å². The van der Waals surface area contributed by atoms with Crippen LogP contribution in [0.5, 0.6) is 11.5 Å². The van der Waals surface area contributed by atoms with Crippen molar-refractivity contribution in [3.05, 3.63) is 48.0 Å². The van der Waals surface area contributed by atoms with E-state index in [1.165, 1.54) is 5.56 Å². The molecule has 0 aliphatic carbocycles. The maximum absolute atomic E-state index is 12.7. The van der Waals surface area contributed by atoms with Crippen LogP contribution in [0.1, 0.15) is 12.5 Å². The number of carbonyl (C=O) groups excluding carboxylic acids is 1. The summed E-state index contributed by atoms with van der Waals surface area (Å²) in [7, 11) is 0. The Kier molecular flexibility index (Phi) is 3.33. The van der Waals surface area contributed by atoms with Crippen molar-refractivity contribution in [1.82, 2.24) is 0 Å². The van der Waals surface area contributed by atoms with Crippen LogP contribution in [-0.2, 0) is 6.42 Å². The number of anilines is 2. The number of ether oxygens (including phenoxy) is 2. The molecule has 1 atom stereocenters. The third-order valence-electron chi connectivity index (χ3n) is 4.22. The molecular formula is C18H18N2O3. The van der Waals surface area contributed by atoms with Crippen LogP contribution in [0.3, 0.4) is 0 Å². The molecule has 2 aromatic rings. The molecule has 0 radical (unpaired) electrons. The summed E-state index contributed by atoms with van der Waals surface area (Å²) in [5.74, 6) is 1.39. The molecule has 2 aromatic carbocycles. The van der Waals surface area contributed by atoms with Gasteiger partial charge in [-0.2, -0.15) is 0 Å². The van der Waals surface area contributed by atoms with Gasteiger partial charge in [0, 0.05) is 23.5 Å². The van der Waals surface area contributed by atoms with Crippen molar-refractivity contribution < 1.29 is 14.3 Å². The van der Waals surface area contributed by atoms with Gasteiger partial charge in [-0.3, -0.25) is 4.90 Å². The Hall–Kier alpha value is -2.69. The van der Waals surface area contributed by atoms with Crippen molar-refractivity contribution in [2.45, 2.75) is 19.4 Å². The summed E-state index contributed by atoms with van der Waals surface area (Å²) in [5, 5.41) is 2.96. The zero-order valence-corrected chi connectivity index (χ0v) is 12.9. The Morgan fingerprint density at radius 2 is 1.91 bits per heavy atom. The van der Waals surface area contributed by atoms with Gasteiger partial charge in [0.15, 0.2) is 11.5 Å². The Labute approximate surface area is 134 Å². The van der Waals surface area contributed by atoms with Crippen molar-refractivity contribution in [2.75, 3.05) is 23.4 Å². The van der Waals surface area contributed by atoms with Crippen LogP contribution in [0, 0.1) is 0 Å². The summed E-state index contributed by atoms with van der Waals surface area (Å²) < 4.78 is 11.1. The van der Waals surface area contributed by atoms with Gasteiger partial charge >= 0.3 is 6.03 Å². The lowest BCUT2D eigenvalue weighted by atomic mass is 10.1. The first kappa shape index (κ1) is 13.9. The van der Waals surface area contributed by atoms with Gasteiger partial charge in [-0.15, -0.1) is 0 Å². The average Bonchev–Trinajstić information content (AvgIpc) is 2.90. The Morgan fingerprint density at radius 1 is 1.13 bits per heavy atom. The predicted octanol–water partition coefficient (Wildman–Crippen LogP) is 3.44. The zero-order valence-electron chi connectivity index (χ0n) is 12.9. The lowest BCUT2D eigenvalue weighted by molar-refractivity contribution is 0.171. The second-order valence-corrected chi connectivity index (χ2v) is 5.84. The fourth-order valence-electron chi connectivity index (χ4n) is 3.18. The number of carbonyl (C=O) groups is 1. The summed E-state index contributed by atoms with van der Waals surface area (Å²) in [6.45, 7) is 3.14. The molecular weight excluding hydrogens is 292 g/mol. The van der Waals surface area contributed by atoms with E-state index in [4.69, 9.17) is 9.47 Å². The van der Waals surface area contributed by atoms with E-state index < -0.39 is 0 Å². The highest BCUT2D eigenvalue weighted by Gasteiger charge is 2.30. The van der Waals surface area contributed by atoms with Gasteiger partial charge in [-0.05, 0) is 37.1 Å². The maximum Gasteiger partial charge on any atom is 0.326 e. The normalized spacial score (nSPS) is 18.5. The quantitative estimate of drug-likeness (QED) is 0.878. The minimum Gasteiger partial charge on any atom is -0.486 e. The first-order chi connectivity index (χ1) is 11.2. The highest BCUT2D eigenvalue weighted by Crippen LogP contribution is 2.34. The van der Waals surface area contributed by atoms with E-state index in [0.717, 1.165) is 12.1 Å². The summed E-state index contributed by atoms with van der Waals surface area (Å²) in [4.78, 5) is 14.5. The second kappa shape index (κ2) is 5.50. The van der Waals surface area contributed by atoms with Crippen molar-refractivity contribution >= 4 is 17.4 Å². The molecule has 4 rings (SSSR count). The van der Waals surface area contributed by atoms with Crippen LogP contribution in [0.25, 0.3) is 0 Å². The van der Waals surface area contributed by atoms with Gasteiger partial charge in [0.2, 0.25) is 0 Å². The monoisotopic (exact) mass is 310 g/mol. The number of hydrogen-bond acceptors (Lipinski definition) is 3. The second-order valence-electron chi connectivity index (χ2n) is 5.84. The van der Waals surface area contributed by atoms with Gasteiger partial charge in [0.25, 0.3) is 0 Å². The van der Waals surface area contributed by atoms with Crippen LogP contribution in [-0.4, -0.2) is 25.3 Å². The number of hydrogen-bond donors (Lipinski definition) is 1. The van der Waals surface area contributed by atoms with Crippen LogP contribution >= 0.6 is 0 Å². The van der Waals surface area contributed by atoms with Gasteiger partial charge in [-0.25, -0.2) is 4.79 Å². The summed E-state index contributed by atoms with van der Waals surface area (Å²) in [6.07, 6.45) is 0.880. The molecule has 0 aromatic heterocycles. The number of benzene rings is 2. The molecule has 2 aliphatic heterocycles. The Bertz CT molecular complexity index is 760. The SMILES string of the molecule is CC1Cc2ccccc2N1C(=O)Nc1ccc2c(c1)OCCO2. The fourth-order valence-corrected chi connectivity index (χ4v) is 3.18. The molecule has 118 valence electrons. The lowest BCUT2D eigenvalue weighted by Crippen LogP contribution is -2.39. The summed E-state index contributed by atoms with van der Waals surface area (Å²) >= 11 is 0. The molecule has 0 saturated heterocycles. The van der Waals surface area contributed by atoms with Gasteiger partial charge in [0.1, 0.15) is 13.2 Å². The topological polar surface area (TPSA) is 50.8 Å². The van der Waals surface area contributed by atoms with Gasteiger partial charge in [0.05, 0.1) is 0 Å². The zero-order chi connectivity index (χ0) is 15.8. The predicted molar refractivity (Wildman–Crippen MR) is 88.5 cm³/mol. The fraction of sp³-hybridized carbons (Fsp3) is 0.278. The highest BCUT2D eigenvalue weighted by atomic mass is 16.6. The van der Waals surface area contributed by atoms with E-state index in [1.54, 1.807) is 6.07 Å². The summed E-state index contributed by atoms with van der Waals surface area (Å²) in [6, 6.07) is 13.5. The molecule has 1 unspecified atom stereocenters. The van der Waals surface area contributed by atoms with Crippen LogP contribution in [0.4, 0.5) is 16.2 Å². The van der Waals surface area contributed by atoms with Crippen LogP contribution in [0.2, 0.25) is 0 Å². The number of rotatable bonds is 1. The minimum atomic E-state index is -0.126. The number of nitrogens with zero attached hydrogens (tertiary/aromatic N) is 1. The van der Waals surface area contributed by atoms with E-state index in [1.807, 2.05) is 35.2 Å². The maximum atomic E-state index is 12.7. The van der Waals surface area contributed by atoms with Crippen molar-refractivity contribution in [3.8, 4) is 11.5 Å². The lowest BCUT2D eigenvalue weighted by Gasteiger charge is -2.24. The third-order valence-corrected chi connectivity index (χ3v) is 4.22. The molecule has 0 saturated carbocycles. The van der Waals surface area contributed by atoms with E-state index in [2.05, 4.69) is 18.3 Å². The van der Waals surface area contributed by atoms with Crippen molar-refractivity contribution in [3.63, 3.8) is 0 Å². The van der Waals surface area contributed by atoms with Crippen molar-refractivity contribution in [1.29, 1.82) is 0 Å². The summed E-state index contributed by atoms with van der Waals surface area (Å²) in [5.41, 5.74) is 2.89. The highest BCUT2D eigenvalue weighted by molar-refractivity contribution is 6.03. The molecule has 5 nitrogen and oxygen atoms in total. The molecule has 2 amide bonds. The average molecular weight is 310 g/mol. The number of para-hydroxylation sites is 1. The first-order valence-corrected chi connectivity index (χ1v) is 7.80. The van der Waals surface area contributed by atoms with E-state index in [-0.39, 0.29) is 12.1 Å². The molecule has 2 aliphatic rings. The van der Waals surface area contributed by atoms with E-state index in [9.17, 15) is 4.79 Å². The molecule has 23 heavy (non-hydrogen) atoms. The van der Waals surface area contributed by atoms with Gasteiger partial charge < -0.3 is 14.8 Å². The third kappa shape index (κ3) is 2.48. The number of amides is 2. The van der Waals surface area contributed by atoms with Crippen LogP contribution in [0.15, 0.2) is 42.5 Å². The smallest absolute Gasteiger partial charge is 0.326 e.